The van der Waals surface area contributed by atoms with Gasteiger partial charge < -0.3 is 0 Å². The molecule has 0 fully saturated rings. The Balaban J connectivity index is 2.79. The van der Waals surface area contributed by atoms with Gasteiger partial charge in [-0.25, -0.2) is 0 Å². The maximum absolute atomic E-state index is 5.87. The third-order valence-corrected chi connectivity index (χ3v) is 3.79. The van der Waals surface area contributed by atoms with Crippen LogP contribution in [0.1, 0.15) is 0 Å². The molecule has 0 aliphatic rings. The second-order valence-corrected chi connectivity index (χ2v) is 4.60. The van der Waals surface area contributed by atoms with Gasteiger partial charge in [0.25, 0.3) is 0 Å². The second kappa shape index (κ2) is 3.49. The molecule has 0 radical (unpaired) electrons. The predicted molar refractivity (Wildman–Crippen MR) is 55.2 cm³/mol. The number of hydrogen-bond donors (Lipinski definition) is 0. The molecule has 0 atom stereocenters. The minimum absolute atomic E-state index is 0.0703. The number of hydrogen-bond acceptors (Lipinski definition) is 0. The topological polar surface area (TPSA) is 0 Å². The summed E-state index contributed by atoms with van der Waals surface area (Å²) in [5.41, 5.74) is 0. The van der Waals surface area contributed by atoms with Crippen molar-refractivity contribution in [1.29, 1.82) is 0 Å². The van der Waals surface area contributed by atoms with Gasteiger partial charge in [0, 0.05) is 0 Å². The summed E-state index contributed by atoms with van der Waals surface area (Å²) in [5, 5.41) is 2.56. The van der Waals surface area contributed by atoms with Crippen molar-refractivity contribution in [3.63, 3.8) is 0 Å². The Bertz CT molecular complexity index is 392. The molecule has 0 amide bonds. The van der Waals surface area contributed by atoms with Crippen molar-refractivity contribution < 1.29 is 0 Å². The fourth-order valence-corrected chi connectivity index (χ4v) is 2.80. The van der Waals surface area contributed by atoms with Crippen LogP contribution in [-0.4, -0.2) is 14.0 Å². The van der Waals surface area contributed by atoms with Crippen LogP contribution >= 0.6 is 10.1 Å². The van der Waals surface area contributed by atoms with E-state index in [1.165, 1.54) is 15.2 Å². The van der Waals surface area contributed by atoms with E-state index in [2.05, 4.69) is 36.4 Å². The molecule has 2 aromatic rings. The summed E-state index contributed by atoms with van der Waals surface area (Å²) in [6, 6.07) is 14.6. The summed E-state index contributed by atoms with van der Waals surface area (Å²) in [6.45, 7) is 0. The Labute approximate surface area is 81.9 Å². The number of rotatable bonds is 1. The average Bonchev–Trinajstić information content (AvgIpc) is 2.17. The van der Waals surface area contributed by atoms with Crippen molar-refractivity contribution in [2.75, 3.05) is 0 Å². The van der Waals surface area contributed by atoms with Crippen molar-refractivity contribution in [1.82, 2.24) is 0 Å². The average molecular weight is 242 g/mol. The third-order valence-electron chi connectivity index (χ3n) is 1.83. The quantitative estimate of drug-likeness (QED) is 0.672. The molecule has 0 nitrogen and oxygen atoms in total. The Morgan fingerprint density at radius 2 is 1.67 bits per heavy atom. The number of halogens is 1. The summed E-state index contributed by atoms with van der Waals surface area (Å²) in [4.78, 5) is 0. The normalized spacial score (nSPS) is 10.4. The van der Waals surface area contributed by atoms with Crippen LogP contribution in [-0.2, 0) is 0 Å². The zero-order chi connectivity index (χ0) is 8.39. The molecular weight excluding hydrogens is 235 g/mol. The van der Waals surface area contributed by atoms with E-state index < -0.39 is 0 Å². The zero-order valence-electron chi connectivity index (χ0n) is 6.33. The first-order valence-corrected chi connectivity index (χ1v) is 6.79. The molecule has 2 rings (SSSR count). The molecule has 0 saturated carbocycles. The van der Waals surface area contributed by atoms with Crippen molar-refractivity contribution >= 4 is 39.4 Å². The van der Waals surface area contributed by atoms with Gasteiger partial charge >= 0.3 is 81.8 Å². The van der Waals surface area contributed by atoms with Gasteiger partial charge in [0.05, 0.1) is 0 Å². The van der Waals surface area contributed by atoms with Crippen LogP contribution in [0.5, 0.6) is 0 Å². The SMILES string of the molecule is Cl[Se]c1cccc2ccccc12. The van der Waals surface area contributed by atoms with Crippen LogP contribution in [0.2, 0.25) is 0 Å². The standard InChI is InChI=1S/C10H7ClSe/c11-12-10-7-3-5-8-4-1-2-6-9(8)10/h1-7H. The molecule has 2 aromatic carbocycles. The van der Waals surface area contributed by atoms with E-state index in [1.54, 1.807) is 0 Å². The molecule has 0 N–H and O–H groups in total. The molecule has 0 aromatic heterocycles. The molecule has 0 heterocycles. The van der Waals surface area contributed by atoms with Gasteiger partial charge in [-0.05, 0) is 0 Å². The molecular formula is C10H7ClSe. The fourth-order valence-electron chi connectivity index (χ4n) is 1.26. The van der Waals surface area contributed by atoms with Crippen molar-refractivity contribution in [3.05, 3.63) is 42.5 Å². The van der Waals surface area contributed by atoms with Gasteiger partial charge in [0.1, 0.15) is 0 Å². The van der Waals surface area contributed by atoms with E-state index in [4.69, 9.17) is 10.1 Å². The Morgan fingerprint density at radius 3 is 2.50 bits per heavy atom. The van der Waals surface area contributed by atoms with E-state index >= 15 is 0 Å². The van der Waals surface area contributed by atoms with Crippen molar-refractivity contribution in [2.24, 2.45) is 0 Å². The Morgan fingerprint density at radius 1 is 0.917 bits per heavy atom. The fraction of sp³-hybridized carbons (Fsp3) is 0. The Hall–Kier alpha value is -0.491. The first kappa shape index (κ1) is 8.12. The Kier molecular flexibility index (Phi) is 2.36. The van der Waals surface area contributed by atoms with Gasteiger partial charge in [-0.15, -0.1) is 0 Å². The van der Waals surface area contributed by atoms with Crippen molar-refractivity contribution in [2.45, 2.75) is 0 Å². The van der Waals surface area contributed by atoms with Crippen LogP contribution in [0.3, 0.4) is 0 Å². The van der Waals surface area contributed by atoms with E-state index in [-0.39, 0.29) is 14.0 Å². The first-order valence-electron chi connectivity index (χ1n) is 3.68. The predicted octanol–water partition coefficient (Wildman–Crippen LogP) is 2.32. The first-order chi connectivity index (χ1) is 5.92. The zero-order valence-corrected chi connectivity index (χ0v) is 8.80. The summed E-state index contributed by atoms with van der Waals surface area (Å²) in [5.74, 6) is 0. The summed E-state index contributed by atoms with van der Waals surface area (Å²) < 4.78 is 1.27. The van der Waals surface area contributed by atoms with Crippen molar-refractivity contribution in [3.8, 4) is 0 Å². The van der Waals surface area contributed by atoms with E-state index in [0.29, 0.717) is 0 Å². The molecule has 0 aliphatic heterocycles. The van der Waals surface area contributed by atoms with Gasteiger partial charge in [-0.1, -0.05) is 0 Å². The van der Waals surface area contributed by atoms with E-state index in [0.717, 1.165) is 0 Å². The second-order valence-electron chi connectivity index (χ2n) is 2.55. The third kappa shape index (κ3) is 1.36. The molecule has 0 aliphatic carbocycles. The van der Waals surface area contributed by atoms with Crippen LogP contribution in [0.4, 0.5) is 0 Å². The van der Waals surface area contributed by atoms with Gasteiger partial charge in [0.2, 0.25) is 0 Å². The summed E-state index contributed by atoms with van der Waals surface area (Å²) in [7, 11) is 5.87. The van der Waals surface area contributed by atoms with E-state index in [1.807, 2.05) is 6.07 Å². The van der Waals surface area contributed by atoms with Gasteiger partial charge in [-0.2, -0.15) is 0 Å². The minimum atomic E-state index is 0.0703. The van der Waals surface area contributed by atoms with Gasteiger partial charge in [0.15, 0.2) is 0 Å². The molecule has 0 spiro atoms. The van der Waals surface area contributed by atoms with Crippen LogP contribution in [0.25, 0.3) is 10.8 Å². The van der Waals surface area contributed by atoms with Crippen LogP contribution < -0.4 is 4.46 Å². The van der Waals surface area contributed by atoms with Crippen LogP contribution in [0.15, 0.2) is 42.5 Å². The number of benzene rings is 2. The molecule has 0 unspecified atom stereocenters. The monoisotopic (exact) mass is 242 g/mol. The number of fused-ring (bicyclic) bond motifs is 1. The molecule has 0 saturated heterocycles. The van der Waals surface area contributed by atoms with Gasteiger partial charge in [-0.3, -0.25) is 0 Å². The summed E-state index contributed by atoms with van der Waals surface area (Å²) in [6.07, 6.45) is 0. The molecule has 60 valence electrons. The molecule has 0 bridgehead atoms. The molecule has 2 heteroatoms. The van der Waals surface area contributed by atoms with Crippen LogP contribution in [0, 0.1) is 0 Å². The molecule has 12 heavy (non-hydrogen) atoms. The van der Waals surface area contributed by atoms with E-state index in [9.17, 15) is 0 Å². The summed E-state index contributed by atoms with van der Waals surface area (Å²) >= 11 is 0.0703. The maximum atomic E-state index is 5.87.